The molecule has 0 nitrogen and oxygen atoms in total. The van der Waals surface area contributed by atoms with Gasteiger partial charge in [-0.3, -0.25) is 0 Å². The van der Waals surface area contributed by atoms with Gasteiger partial charge in [-0.2, -0.15) is 0 Å². The van der Waals surface area contributed by atoms with Gasteiger partial charge in [0.15, 0.2) is 0 Å². The summed E-state index contributed by atoms with van der Waals surface area (Å²) in [5, 5.41) is 2.83. The van der Waals surface area contributed by atoms with E-state index in [0.29, 0.717) is 11.8 Å². The van der Waals surface area contributed by atoms with Gasteiger partial charge in [-0.1, -0.05) is 110 Å². The van der Waals surface area contributed by atoms with Crippen molar-refractivity contribution < 1.29 is 0 Å². The molecule has 3 atom stereocenters. The van der Waals surface area contributed by atoms with Crippen LogP contribution in [0.4, 0.5) is 0 Å². The van der Waals surface area contributed by atoms with Gasteiger partial charge in [-0.05, 0) is 44.5 Å². The van der Waals surface area contributed by atoms with Crippen molar-refractivity contribution in [2.24, 2.45) is 0 Å². The Kier molecular flexibility index (Phi) is 3.23. The van der Waals surface area contributed by atoms with Crippen molar-refractivity contribution in [3.05, 3.63) is 125 Å². The quantitative estimate of drug-likeness (QED) is 0.360. The fourth-order valence-corrected chi connectivity index (χ4v) is 5.87. The Balaban J connectivity index is 1.70. The first-order valence-electron chi connectivity index (χ1n) is 10.2. The summed E-state index contributed by atoms with van der Waals surface area (Å²) in [6.07, 6.45) is 4.80. The maximum Gasteiger partial charge on any atom is 0.0465 e. The lowest BCUT2D eigenvalue weighted by molar-refractivity contribution is 0.455. The van der Waals surface area contributed by atoms with E-state index in [4.69, 9.17) is 0 Å². The minimum atomic E-state index is -0.134. The highest BCUT2D eigenvalue weighted by molar-refractivity contribution is 5.93. The Hall–Kier alpha value is -3.12. The first kappa shape index (κ1) is 15.9. The summed E-state index contributed by atoms with van der Waals surface area (Å²) >= 11 is 0. The normalized spacial score (nSPS) is 24.6. The molecule has 0 radical (unpaired) electrons. The highest BCUT2D eigenvalue weighted by Crippen LogP contribution is 2.60. The molecule has 134 valence electrons. The summed E-state index contributed by atoms with van der Waals surface area (Å²) in [6, 6.07) is 33.7. The first-order valence-corrected chi connectivity index (χ1v) is 10.2. The summed E-state index contributed by atoms with van der Waals surface area (Å²) < 4.78 is 0. The summed E-state index contributed by atoms with van der Waals surface area (Å²) in [4.78, 5) is 0. The van der Waals surface area contributed by atoms with E-state index in [1.807, 2.05) is 0 Å². The third-order valence-electron chi connectivity index (χ3n) is 6.97. The minimum Gasteiger partial charge on any atom is -0.0683 e. The van der Waals surface area contributed by atoms with E-state index in [9.17, 15) is 0 Å². The highest BCUT2D eigenvalue weighted by atomic mass is 14.5. The van der Waals surface area contributed by atoms with Crippen LogP contribution in [0.2, 0.25) is 0 Å². The Bertz CT molecular complexity index is 1230. The molecule has 0 saturated heterocycles. The Morgan fingerprint density at radius 2 is 1.39 bits per heavy atom. The summed E-state index contributed by atoms with van der Waals surface area (Å²) in [6.45, 7) is 2.42. The van der Waals surface area contributed by atoms with Crippen molar-refractivity contribution in [2.75, 3.05) is 0 Å². The molecule has 0 bridgehead atoms. The third kappa shape index (κ3) is 1.90. The molecular formula is C28H22. The fraction of sp³-hybridized carbons (Fsp3) is 0.143. The molecule has 0 N–H and O–H groups in total. The maximum absolute atomic E-state index is 2.47. The van der Waals surface area contributed by atoms with Gasteiger partial charge in [0.05, 0.1) is 0 Å². The average molecular weight is 358 g/mol. The van der Waals surface area contributed by atoms with Gasteiger partial charge in [-0.15, -0.1) is 0 Å². The van der Waals surface area contributed by atoms with Crippen molar-refractivity contribution in [1.82, 2.24) is 0 Å². The number of hydrogen-bond acceptors (Lipinski definition) is 0. The molecule has 0 amide bonds. The zero-order valence-corrected chi connectivity index (χ0v) is 16.0. The molecule has 0 spiro atoms. The van der Waals surface area contributed by atoms with E-state index in [2.05, 4.69) is 110 Å². The Labute approximate surface area is 166 Å². The molecule has 3 unspecified atom stereocenters. The van der Waals surface area contributed by atoms with Gasteiger partial charge in [0.2, 0.25) is 0 Å². The van der Waals surface area contributed by atoms with Crippen LogP contribution < -0.4 is 0 Å². The molecule has 6 rings (SSSR count). The predicted molar refractivity (Wildman–Crippen MR) is 118 cm³/mol. The molecular weight excluding hydrogens is 336 g/mol. The molecule has 2 aliphatic carbocycles. The van der Waals surface area contributed by atoms with Crippen molar-refractivity contribution >= 4 is 16.8 Å². The topological polar surface area (TPSA) is 0 Å². The van der Waals surface area contributed by atoms with Crippen molar-refractivity contribution in [3.63, 3.8) is 0 Å². The first-order chi connectivity index (χ1) is 13.8. The molecule has 0 heteroatoms. The number of hydrogen-bond donors (Lipinski definition) is 0. The predicted octanol–water partition coefficient (Wildman–Crippen LogP) is 7.05. The molecule has 4 aromatic carbocycles. The monoisotopic (exact) mass is 358 g/mol. The Morgan fingerprint density at radius 1 is 0.679 bits per heavy atom. The largest absolute Gasteiger partial charge is 0.0683 e. The van der Waals surface area contributed by atoms with E-state index in [1.54, 1.807) is 0 Å². The van der Waals surface area contributed by atoms with Crippen LogP contribution in [0.5, 0.6) is 0 Å². The molecule has 0 heterocycles. The second kappa shape index (κ2) is 5.69. The standard InChI is InChI=1S/C28H22/c1-19-23-14-7-10-21-11-8-15-24(26(21)23)27(19)28(22-12-3-2-4-13-22)18-17-20-9-5-6-16-25(20)28/h2-19,27H,1H3. The molecule has 0 saturated carbocycles. The number of allylic oxidation sites excluding steroid dienone is 1. The van der Waals surface area contributed by atoms with E-state index in [1.165, 1.54) is 38.6 Å². The number of rotatable bonds is 2. The van der Waals surface area contributed by atoms with Gasteiger partial charge >= 0.3 is 0 Å². The summed E-state index contributed by atoms with van der Waals surface area (Å²) in [5.74, 6) is 0.841. The van der Waals surface area contributed by atoms with E-state index in [-0.39, 0.29) is 5.41 Å². The van der Waals surface area contributed by atoms with Gasteiger partial charge in [0.25, 0.3) is 0 Å². The van der Waals surface area contributed by atoms with Gasteiger partial charge in [0, 0.05) is 11.3 Å². The van der Waals surface area contributed by atoms with Crippen LogP contribution in [-0.4, -0.2) is 0 Å². The second-order valence-electron chi connectivity index (χ2n) is 8.21. The number of fused-ring (bicyclic) bond motifs is 1. The lowest BCUT2D eigenvalue weighted by Crippen LogP contribution is -2.33. The molecule has 4 aromatic rings. The molecule has 2 aliphatic rings. The maximum atomic E-state index is 2.47. The van der Waals surface area contributed by atoms with Crippen LogP contribution in [0.25, 0.3) is 16.8 Å². The fourth-order valence-electron chi connectivity index (χ4n) is 5.87. The van der Waals surface area contributed by atoms with Gasteiger partial charge in [-0.25, -0.2) is 0 Å². The molecule has 28 heavy (non-hydrogen) atoms. The third-order valence-corrected chi connectivity index (χ3v) is 6.97. The van der Waals surface area contributed by atoms with E-state index in [0.717, 1.165) is 0 Å². The summed E-state index contributed by atoms with van der Waals surface area (Å²) in [7, 11) is 0. The van der Waals surface area contributed by atoms with Crippen LogP contribution in [0, 0.1) is 0 Å². The van der Waals surface area contributed by atoms with Crippen LogP contribution in [0.15, 0.2) is 97.1 Å². The molecule has 0 aliphatic heterocycles. The lowest BCUT2D eigenvalue weighted by Gasteiger charge is -2.39. The SMILES string of the molecule is CC1c2cccc3cccc(c23)C1C1(c2ccccc2)C=Cc2ccccc21. The van der Waals surface area contributed by atoms with Crippen LogP contribution in [0.3, 0.4) is 0 Å². The van der Waals surface area contributed by atoms with Gasteiger partial charge < -0.3 is 0 Å². The van der Waals surface area contributed by atoms with Crippen LogP contribution >= 0.6 is 0 Å². The zero-order valence-electron chi connectivity index (χ0n) is 16.0. The van der Waals surface area contributed by atoms with E-state index < -0.39 is 0 Å². The summed E-state index contributed by atoms with van der Waals surface area (Å²) in [5.41, 5.74) is 7.02. The van der Waals surface area contributed by atoms with Crippen molar-refractivity contribution in [3.8, 4) is 0 Å². The van der Waals surface area contributed by atoms with Crippen LogP contribution in [-0.2, 0) is 5.41 Å². The lowest BCUT2D eigenvalue weighted by atomic mass is 9.62. The van der Waals surface area contributed by atoms with Gasteiger partial charge in [0.1, 0.15) is 0 Å². The van der Waals surface area contributed by atoms with Crippen molar-refractivity contribution in [1.29, 1.82) is 0 Å². The van der Waals surface area contributed by atoms with E-state index >= 15 is 0 Å². The average Bonchev–Trinajstić information content (AvgIpc) is 3.27. The zero-order chi connectivity index (χ0) is 18.7. The molecule has 0 aromatic heterocycles. The number of benzene rings is 4. The molecule has 0 fully saturated rings. The minimum absolute atomic E-state index is 0.134. The highest BCUT2D eigenvalue weighted by Gasteiger charge is 2.49. The second-order valence-corrected chi connectivity index (χ2v) is 8.21. The van der Waals surface area contributed by atoms with Crippen molar-refractivity contribution in [2.45, 2.75) is 24.2 Å². The van der Waals surface area contributed by atoms with Crippen LogP contribution in [0.1, 0.15) is 46.6 Å². The Morgan fingerprint density at radius 3 is 2.21 bits per heavy atom. The smallest absolute Gasteiger partial charge is 0.0465 e.